The highest BCUT2D eigenvalue weighted by molar-refractivity contribution is 9.10. The van der Waals surface area contributed by atoms with Crippen LogP contribution in [-0.2, 0) is 13.2 Å². The maximum absolute atomic E-state index is 9.90. The van der Waals surface area contributed by atoms with Crippen LogP contribution >= 0.6 is 31.9 Å². The number of aryl methyl sites for hydroxylation is 7. The Hall–Kier alpha value is -13.7. The van der Waals surface area contributed by atoms with Crippen LogP contribution in [0.3, 0.4) is 0 Å². The summed E-state index contributed by atoms with van der Waals surface area (Å²) < 4.78 is 29.0. The Bertz CT molecular complexity index is 6220. The zero-order valence-corrected chi connectivity index (χ0v) is 80.4. The molecule has 682 valence electrons. The number of halogens is 2. The second-order valence-corrected chi connectivity index (χ2v) is 36.5. The van der Waals surface area contributed by atoms with Gasteiger partial charge in [0.05, 0.1) is 101 Å². The first kappa shape index (κ1) is 93.1. The molecule has 4 fully saturated rings. The summed E-state index contributed by atoms with van der Waals surface area (Å²) in [4.78, 5) is 74.1. The number of ether oxygens (including phenoxy) is 5. The summed E-state index contributed by atoms with van der Waals surface area (Å²) in [6.45, 7) is 13.5. The molecule has 0 unspecified atom stereocenters. The smallest absolute Gasteiger partial charge is 0.316 e. The number of aromatic nitrogens is 16. The molecule has 0 radical (unpaired) electrons. The van der Waals surface area contributed by atoms with Gasteiger partial charge in [0.15, 0.2) is 0 Å². The van der Waals surface area contributed by atoms with Crippen LogP contribution in [0.15, 0.2) is 301 Å². The van der Waals surface area contributed by atoms with Gasteiger partial charge in [-0.2, -0.15) is 19.9 Å². The number of aliphatic hydroxyl groups excluding tert-OH is 2. The van der Waals surface area contributed by atoms with Crippen LogP contribution in [0.4, 0.5) is 0 Å². The van der Waals surface area contributed by atoms with E-state index in [0.717, 1.165) is 100 Å². The molecule has 0 amide bonds. The van der Waals surface area contributed by atoms with E-state index in [4.69, 9.17) is 63.6 Å². The number of hydrogen-bond acceptors (Lipinski definition) is 23. The van der Waals surface area contributed by atoms with Gasteiger partial charge in [-0.1, -0.05) is 238 Å². The Labute approximate surface area is 804 Å². The topological polar surface area (TPSA) is 293 Å². The highest BCUT2D eigenvalue weighted by atomic mass is 79.9. The predicted octanol–water partition coefficient (Wildman–Crippen LogP) is 21.6. The zero-order chi connectivity index (χ0) is 93.9. The molecule has 25 heteroatoms. The molecule has 10 atom stereocenters. The Kier molecular flexibility index (Phi) is 29.1. The van der Waals surface area contributed by atoms with Crippen molar-refractivity contribution in [2.45, 2.75) is 156 Å². The van der Waals surface area contributed by atoms with E-state index in [1.54, 1.807) is 40.8 Å². The highest BCUT2D eigenvalue weighted by Gasteiger charge is 2.59. The normalized spacial score (nSPS) is 21.7. The monoisotopic (exact) mass is 1920 g/mol. The first-order valence-electron chi connectivity index (χ1n) is 45.3. The van der Waals surface area contributed by atoms with E-state index in [1.165, 1.54) is 40.5 Å². The molecular weight excluding hydrogens is 1820 g/mol. The van der Waals surface area contributed by atoms with Crippen LogP contribution < -0.4 is 23.7 Å². The number of rotatable bonds is 23. The lowest BCUT2D eigenvalue weighted by Crippen LogP contribution is -2.41. The molecule has 8 aromatic carbocycles. The molecule has 0 bridgehead atoms. The van der Waals surface area contributed by atoms with E-state index in [1.807, 2.05) is 109 Å². The van der Waals surface area contributed by atoms with Crippen molar-refractivity contribution in [1.82, 2.24) is 79.7 Å². The van der Waals surface area contributed by atoms with Gasteiger partial charge in [-0.05, 0) is 154 Å². The maximum Gasteiger partial charge on any atom is 0.316 e. The fourth-order valence-corrected chi connectivity index (χ4v) is 21.7. The molecule has 23 nitrogen and oxygen atoms in total. The van der Waals surface area contributed by atoms with Crippen molar-refractivity contribution in [2.24, 2.45) is 0 Å². The average Bonchev–Trinajstić information content (AvgIpc) is 0.689. The van der Waals surface area contributed by atoms with Gasteiger partial charge in [0.25, 0.3) is 0 Å². The number of hydrogen-bond donors (Lipinski definition) is 2. The molecule has 8 heterocycles. The Morgan fingerprint density at radius 3 is 0.726 bits per heavy atom. The molecule has 16 aromatic rings. The first-order chi connectivity index (χ1) is 65.8. The summed E-state index contributed by atoms with van der Waals surface area (Å²) in [6, 6.07) is 94.1. The van der Waals surface area contributed by atoms with Crippen LogP contribution in [0.25, 0.3) is 0 Å². The van der Waals surface area contributed by atoms with Gasteiger partial charge in [-0.3, -0.25) is 9.97 Å². The Balaban J connectivity index is 0.000000125. The molecule has 4 aliphatic carbocycles. The van der Waals surface area contributed by atoms with Gasteiger partial charge in [-0.25, -0.2) is 49.8 Å². The second-order valence-electron chi connectivity index (χ2n) is 34.7. The second kappa shape index (κ2) is 42.2. The van der Waals surface area contributed by atoms with E-state index in [2.05, 4.69) is 290 Å². The summed E-state index contributed by atoms with van der Waals surface area (Å²) in [5.74, 6) is 5.47. The molecule has 8 aromatic heterocycles. The number of methoxy groups -OCH3 is 5. The molecule has 20 rings (SSSR count). The van der Waals surface area contributed by atoms with Crippen molar-refractivity contribution in [3.63, 3.8) is 0 Å². The van der Waals surface area contributed by atoms with Crippen molar-refractivity contribution in [1.29, 1.82) is 0 Å². The lowest BCUT2D eigenvalue weighted by Gasteiger charge is -2.52. The summed E-state index contributed by atoms with van der Waals surface area (Å²) in [7, 11) is 8.00. The minimum absolute atomic E-state index is 0.00196. The quantitative estimate of drug-likeness (QED) is 0.0601. The van der Waals surface area contributed by atoms with Crippen LogP contribution in [0.2, 0.25) is 0 Å². The number of benzene rings is 8. The van der Waals surface area contributed by atoms with E-state index in [0.29, 0.717) is 41.0 Å². The van der Waals surface area contributed by atoms with Gasteiger partial charge >= 0.3 is 18.0 Å². The van der Waals surface area contributed by atoms with E-state index in [-0.39, 0.29) is 114 Å². The minimum Gasteiger partial charge on any atom is -0.480 e. The Morgan fingerprint density at radius 2 is 0.452 bits per heavy atom. The summed E-state index contributed by atoms with van der Waals surface area (Å²) in [6.07, 6.45) is 6.94. The van der Waals surface area contributed by atoms with E-state index >= 15 is 0 Å². The first-order valence-corrected chi connectivity index (χ1v) is 46.8. The average molecular weight is 1920 g/mol. The number of aliphatic hydroxyl groups is 2. The van der Waals surface area contributed by atoms with Crippen molar-refractivity contribution in [2.75, 3.05) is 35.5 Å². The molecule has 0 spiro atoms. The molecule has 4 aliphatic rings. The van der Waals surface area contributed by atoms with E-state index in [9.17, 15) is 10.2 Å². The fraction of sp³-hybridized carbons (Fsp3) is 0.273. The lowest BCUT2D eigenvalue weighted by atomic mass is 9.50. The van der Waals surface area contributed by atoms with Gasteiger partial charge in [-0.15, -0.1) is 0 Å². The number of nitrogens with zero attached hydrogens (tertiary/aromatic N) is 16. The van der Waals surface area contributed by atoms with Gasteiger partial charge in [0, 0.05) is 156 Å². The fourth-order valence-electron chi connectivity index (χ4n) is 21.1. The molecule has 0 aliphatic heterocycles. The van der Waals surface area contributed by atoms with Gasteiger partial charge < -0.3 is 33.9 Å². The van der Waals surface area contributed by atoms with Gasteiger partial charge in [0.2, 0.25) is 11.8 Å². The third-order valence-electron chi connectivity index (χ3n) is 26.5. The van der Waals surface area contributed by atoms with Crippen LogP contribution in [0, 0.1) is 48.5 Å². The summed E-state index contributed by atoms with van der Waals surface area (Å²) >= 11 is 7.12. The van der Waals surface area contributed by atoms with Crippen molar-refractivity contribution < 1.29 is 33.9 Å². The summed E-state index contributed by atoms with van der Waals surface area (Å²) in [5, 5.41) is 19.8. The van der Waals surface area contributed by atoms with Crippen molar-refractivity contribution in [3.05, 3.63) is 442 Å². The third-order valence-corrected chi connectivity index (χ3v) is 27.5. The van der Waals surface area contributed by atoms with Crippen molar-refractivity contribution >= 4 is 31.9 Å². The molecule has 135 heavy (non-hydrogen) atoms. The molecule has 0 saturated heterocycles. The van der Waals surface area contributed by atoms with Crippen LogP contribution in [-0.4, -0.2) is 126 Å². The zero-order valence-electron chi connectivity index (χ0n) is 77.2. The maximum atomic E-state index is 9.90. The van der Waals surface area contributed by atoms with Crippen LogP contribution in [0.5, 0.6) is 29.8 Å². The highest BCUT2D eigenvalue weighted by Crippen LogP contribution is 2.70. The summed E-state index contributed by atoms with van der Waals surface area (Å²) in [5.41, 5.74) is 22.6. The standard InChI is InChI=1S/C28H26Br2N4O3.2C28H28N4O.C26H24N4O2/c1-15-31-20(13-35)11-22(32-15)26-24(16-3-7-18(29)8-4-16)27(25(26)17-5-9-19(30)10-6-17)23-12-21(14-36)33-28(34-23)37-2;2*1-17-15-22(31-19(3)29-17)26-24(20-11-7-5-8-12-20)27(25(26)21-13-9-6-10-14-21)23-16-18(2)30-28(32-23)33-4;1-31-21-15-27-13-19(29-21)25-23(17-9-5-3-6-10-17)24(18-11-7-4-8-12-18)26(25)20-14-28-16-22(30-20)32-2/h3-12,24-27,35-36H,13-14H2,1-2H3;2*5-16,24-27H,1-4H3;3-16,23-26H,1-2H3/t3*24-,25-,26?,27?;23-,24+,25-,26-/m1110/s1. The van der Waals surface area contributed by atoms with Crippen molar-refractivity contribution in [3.8, 4) is 29.8 Å². The Morgan fingerprint density at radius 1 is 0.222 bits per heavy atom. The largest absolute Gasteiger partial charge is 0.480 e. The SMILES string of the molecule is COc1cncc([C@H]2[C@H](c3ccccc3)[C@H](c3ccccc3)[C@@H]2c2cncc(OC)n2)n1.COc1nc(C)cc(C2[C@H](c3ccccc3)C(c3cc(C)nc(C)n3)[C@H]2c2ccccc2)n1.COc1nc(C)cc(C2[C@H](c3ccccc3)C(c3cc(C)nc(C)n3)[C@H]2c2ccccc2)n1.COc1nc(CO)cc(C2[C@H](c3ccc(Br)cc3)C(c3cc(CO)nc(C)n3)[C@H]2c2ccc(Br)cc2)n1. The predicted molar refractivity (Wildman–Crippen MR) is 525 cm³/mol. The minimum atomic E-state index is -0.209. The molecule has 4 saturated carbocycles. The lowest BCUT2D eigenvalue weighted by molar-refractivity contribution is 0.215. The third kappa shape index (κ3) is 20.2. The molecular formula is C110H106Br2N16O7. The molecule has 2 N–H and O–H groups in total. The van der Waals surface area contributed by atoms with Gasteiger partial charge in [0.1, 0.15) is 17.5 Å². The van der Waals surface area contributed by atoms with Crippen LogP contribution in [0.1, 0.15) is 236 Å². The van der Waals surface area contributed by atoms with E-state index < -0.39 is 0 Å².